The molecule has 1 rings (SSSR count). The fourth-order valence-electron chi connectivity index (χ4n) is 1.52. The lowest BCUT2D eigenvalue weighted by molar-refractivity contribution is 0.239. The van der Waals surface area contributed by atoms with E-state index < -0.39 is 10.8 Å². The SMILES string of the molecule is C=CCNC(=O)N[C@H](C[S@@](C)=O)c1ccccc1. The van der Waals surface area contributed by atoms with Crippen molar-refractivity contribution in [2.24, 2.45) is 0 Å². The summed E-state index contributed by atoms with van der Waals surface area (Å²) in [7, 11) is -0.981. The Hall–Kier alpha value is -1.62. The molecular formula is C13H18N2O2S. The molecule has 0 unspecified atom stereocenters. The molecule has 0 aromatic heterocycles. The van der Waals surface area contributed by atoms with Crippen LogP contribution in [-0.4, -0.2) is 28.8 Å². The quantitative estimate of drug-likeness (QED) is 0.768. The highest BCUT2D eigenvalue weighted by molar-refractivity contribution is 7.84. The zero-order chi connectivity index (χ0) is 13.4. The van der Waals surface area contributed by atoms with Crippen LogP contribution in [0.1, 0.15) is 11.6 Å². The molecule has 0 saturated heterocycles. The Morgan fingerprint density at radius 2 is 2.11 bits per heavy atom. The Kier molecular flexibility index (Phi) is 6.14. The molecular weight excluding hydrogens is 248 g/mol. The van der Waals surface area contributed by atoms with Crippen LogP contribution in [-0.2, 0) is 10.8 Å². The number of amides is 2. The number of nitrogens with one attached hydrogen (secondary N) is 2. The summed E-state index contributed by atoms with van der Waals surface area (Å²) in [5, 5.41) is 5.45. The van der Waals surface area contributed by atoms with Gasteiger partial charge in [0.1, 0.15) is 0 Å². The average Bonchev–Trinajstić information content (AvgIpc) is 2.36. The largest absolute Gasteiger partial charge is 0.335 e. The van der Waals surface area contributed by atoms with Gasteiger partial charge in [-0.3, -0.25) is 4.21 Å². The lowest BCUT2D eigenvalue weighted by atomic mass is 10.1. The van der Waals surface area contributed by atoms with Crippen LogP contribution in [0.3, 0.4) is 0 Å². The minimum absolute atomic E-state index is 0.248. The molecule has 0 aliphatic heterocycles. The summed E-state index contributed by atoms with van der Waals surface area (Å²) in [6, 6.07) is 8.97. The molecule has 1 aromatic rings. The number of carbonyl (C=O) groups is 1. The molecule has 98 valence electrons. The van der Waals surface area contributed by atoms with Crippen molar-refractivity contribution in [3.8, 4) is 0 Å². The molecule has 4 nitrogen and oxygen atoms in total. The third-order valence-electron chi connectivity index (χ3n) is 2.32. The van der Waals surface area contributed by atoms with Crippen LogP contribution in [0.15, 0.2) is 43.0 Å². The van der Waals surface area contributed by atoms with E-state index in [0.717, 1.165) is 5.56 Å². The summed E-state index contributed by atoms with van der Waals surface area (Å²) < 4.78 is 11.3. The minimum Gasteiger partial charge on any atom is -0.335 e. The predicted molar refractivity (Wildman–Crippen MR) is 74.8 cm³/mol. The lowest BCUT2D eigenvalue weighted by Gasteiger charge is -2.18. The fourth-order valence-corrected chi connectivity index (χ4v) is 2.26. The van der Waals surface area contributed by atoms with Gasteiger partial charge in [-0.05, 0) is 5.56 Å². The second kappa shape index (κ2) is 7.66. The Morgan fingerprint density at radius 3 is 2.67 bits per heavy atom. The van der Waals surface area contributed by atoms with E-state index in [1.165, 1.54) is 0 Å². The molecule has 0 bridgehead atoms. The molecule has 0 saturated carbocycles. The molecule has 5 heteroatoms. The zero-order valence-corrected chi connectivity index (χ0v) is 11.2. The van der Waals surface area contributed by atoms with Crippen molar-refractivity contribution in [2.75, 3.05) is 18.6 Å². The average molecular weight is 266 g/mol. The normalized spacial score (nSPS) is 13.4. The molecule has 0 aliphatic carbocycles. The Morgan fingerprint density at radius 1 is 1.44 bits per heavy atom. The molecule has 0 radical (unpaired) electrons. The maximum absolute atomic E-state index is 11.6. The smallest absolute Gasteiger partial charge is 0.315 e. The fraction of sp³-hybridized carbons (Fsp3) is 0.308. The highest BCUT2D eigenvalue weighted by Crippen LogP contribution is 2.13. The van der Waals surface area contributed by atoms with E-state index in [-0.39, 0.29) is 12.1 Å². The van der Waals surface area contributed by atoms with Crippen LogP contribution < -0.4 is 10.6 Å². The minimum atomic E-state index is -0.981. The highest BCUT2D eigenvalue weighted by Gasteiger charge is 2.15. The van der Waals surface area contributed by atoms with E-state index >= 15 is 0 Å². The second-order valence-electron chi connectivity index (χ2n) is 3.85. The van der Waals surface area contributed by atoms with Gasteiger partial charge in [0.15, 0.2) is 0 Å². The number of carbonyl (C=O) groups excluding carboxylic acids is 1. The van der Waals surface area contributed by atoms with Crippen molar-refractivity contribution in [2.45, 2.75) is 6.04 Å². The van der Waals surface area contributed by atoms with Gasteiger partial charge in [-0.1, -0.05) is 36.4 Å². The van der Waals surface area contributed by atoms with Gasteiger partial charge in [0.25, 0.3) is 0 Å². The monoisotopic (exact) mass is 266 g/mol. The molecule has 0 fully saturated rings. The van der Waals surface area contributed by atoms with E-state index in [4.69, 9.17) is 0 Å². The van der Waals surface area contributed by atoms with Gasteiger partial charge >= 0.3 is 6.03 Å². The Balaban J connectivity index is 2.70. The first-order valence-electron chi connectivity index (χ1n) is 5.63. The number of hydrogen-bond donors (Lipinski definition) is 2. The van der Waals surface area contributed by atoms with E-state index in [1.54, 1.807) is 12.3 Å². The number of urea groups is 1. The standard InChI is InChI=1S/C13H18N2O2S/c1-3-9-14-13(16)15-12(10-18(2)17)11-7-5-4-6-8-11/h3-8,12H,1,9-10H2,2H3,(H2,14,15,16)/t12-,18-/m1/s1. The molecule has 0 spiro atoms. The summed E-state index contributed by atoms with van der Waals surface area (Å²) in [5.74, 6) is 0.394. The maximum atomic E-state index is 11.6. The third-order valence-corrected chi connectivity index (χ3v) is 3.12. The molecule has 18 heavy (non-hydrogen) atoms. The molecule has 2 N–H and O–H groups in total. The van der Waals surface area contributed by atoms with Gasteiger partial charge in [0, 0.05) is 29.4 Å². The van der Waals surface area contributed by atoms with Crippen molar-refractivity contribution in [3.05, 3.63) is 48.6 Å². The molecule has 1 aromatic carbocycles. The van der Waals surface area contributed by atoms with Gasteiger partial charge in [-0.2, -0.15) is 0 Å². The van der Waals surface area contributed by atoms with Crippen LogP contribution in [0, 0.1) is 0 Å². The van der Waals surface area contributed by atoms with Crippen LogP contribution in [0.2, 0.25) is 0 Å². The van der Waals surface area contributed by atoms with Gasteiger partial charge in [0.05, 0.1) is 6.04 Å². The van der Waals surface area contributed by atoms with E-state index in [1.807, 2.05) is 30.3 Å². The van der Waals surface area contributed by atoms with Crippen molar-refractivity contribution in [1.29, 1.82) is 0 Å². The molecule has 0 aliphatic rings. The van der Waals surface area contributed by atoms with Crippen LogP contribution in [0.25, 0.3) is 0 Å². The second-order valence-corrected chi connectivity index (χ2v) is 5.33. The molecule has 2 atom stereocenters. The topological polar surface area (TPSA) is 58.2 Å². The molecule has 0 heterocycles. The zero-order valence-electron chi connectivity index (χ0n) is 10.4. The Bertz CT molecular complexity index is 420. The first-order chi connectivity index (χ1) is 8.63. The number of benzene rings is 1. The van der Waals surface area contributed by atoms with Gasteiger partial charge in [-0.15, -0.1) is 6.58 Å². The van der Waals surface area contributed by atoms with Gasteiger partial charge in [-0.25, -0.2) is 4.79 Å². The van der Waals surface area contributed by atoms with Crippen LogP contribution in [0.4, 0.5) is 4.79 Å². The summed E-state index contributed by atoms with van der Waals surface area (Å²) in [6.45, 7) is 3.93. The summed E-state index contributed by atoms with van der Waals surface area (Å²) in [4.78, 5) is 11.6. The van der Waals surface area contributed by atoms with Crippen molar-refractivity contribution >= 4 is 16.8 Å². The third kappa shape index (κ3) is 5.14. The molecule has 2 amide bonds. The van der Waals surface area contributed by atoms with Gasteiger partial charge < -0.3 is 10.6 Å². The van der Waals surface area contributed by atoms with Crippen LogP contribution >= 0.6 is 0 Å². The first kappa shape index (κ1) is 14.4. The summed E-state index contributed by atoms with van der Waals surface area (Å²) in [5.41, 5.74) is 0.946. The van der Waals surface area contributed by atoms with E-state index in [9.17, 15) is 9.00 Å². The van der Waals surface area contributed by atoms with Crippen molar-refractivity contribution in [3.63, 3.8) is 0 Å². The number of hydrogen-bond acceptors (Lipinski definition) is 2. The Labute approximate surface area is 110 Å². The summed E-state index contributed by atoms with van der Waals surface area (Å²) in [6.07, 6.45) is 3.23. The summed E-state index contributed by atoms with van der Waals surface area (Å²) >= 11 is 0. The number of rotatable bonds is 6. The lowest BCUT2D eigenvalue weighted by Crippen LogP contribution is -2.39. The van der Waals surface area contributed by atoms with Crippen LogP contribution in [0.5, 0.6) is 0 Å². The first-order valence-corrected chi connectivity index (χ1v) is 7.36. The van der Waals surface area contributed by atoms with Crippen molar-refractivity contribution < 1.29 is 9.00 Å². The van der Waals surface area contributed by atoms with Crippen molar-refractivity contribution in [1.82, 2.24) is 10.6 Å². The maximum Gasteiger partial charge on any atom is 0.315 e. The van der Waals surface area contributed by atoms with E-state index in [2.05, 4.69) is 17.2 Å². The predicted octanol–water partition coefficient (Wildman–Crippen LogP) is 1.59. The van der Waals surface area contributed by atoms with Gasteiger partial charge in [0.2, 0.25) is 0 Å². The highest BCUT2D eigenvalue weighted by atomic mass is 32.2. The van der Waals surface area contributed by atoms with E-state index in [0.29, 0.717) is 12.3 Å².